The van der Waals surface area contributed by atoms with Crippen molar-refractivity contribution in [1.29, 1.82) is 0 Å². The highest BCUT2D eigenvalue weighted by Crippen LogP contribution is 2.58. The third-order valence-electron chi connectivity index (χ3n) is 6.91. The van der Waals surface area contributed by atoms with Crippen molar-refractivity contribution >= 4 is 44.4 Å². The Hall–Kier alpha value is -3.21. The predicted octanol–water partition coefficient (Wildman–Crippen LogP) is -4.07. The number of nitrogens with zero attached hydrogens (tertiary/aromatic N) is 5. The summed E-state index contributed by atoms with van der Waals surface area (Å²) in [5, 5.41) is 41.7. The van der Waals surface area contributed by atoms with Gasteiger partial charge in [-0.2, -0.15) is 0 Å². The topological polar surface area (TPSA) is 347 Å². The highest BCUT2D eigenvalue weighted by Gasteiger charge is 2.48. The summed E-state index contributed by atoms with van der Waals surface area (Å²) in [6.07, 6.45) is -8.92. The summed E-state index contributed by atoms with van der Waals surface area (Å²) < 4.78 is 51.4. The molecule has 2 aliphatic rings. The molecule has 2 saturated heterocycles. The van der Waals surface area contributed by atoms with Gasteiger partial charge in [0.2, 0.25) is 6.23 Å². The third kappa shape index (κ3) is 6.83. The number of ether oxygens (including phenoxy) is 2. The Morgan fingerprint density at radius 1 is 1.00 bits per heavy atom. The smallest absolute Gasteiger partial charge is 0.478 e. The van der Waals surface area contributed by atoms with Crippen LogP contribution in [-0.4, -0.2) is 101 Å². The third-order valence-corrected chi connectivity index (χ3v) is 9.47. The average molecular weight is 678 g/mol. The second kappa shape index (κ2) is 12.5. The molecule has 0 radical (unpaired) electrons. The van der Waals surface area contributed by atoms with E-state index in [-0.39, 0.29) is 28.4 Å². The minimum Gasteiger partial charge on any atom is -0.756 e. The number of hydrogen-bond acceptors (Lipinski definition) is 18. The lowest BCUT2D eigenvalue weighted by molar-refractivity contribution is -0.753. The van der Waals surface area contributed by atoms with E-state index in [4.69, 9.17) is 26.7 Å². The van der Waals surface area contributed by atoms with Gasteiger partial charge in [0, 0.05) is 6.07 Å². The van der Waals surface area contributed by atoms with Crippen LogP contribution in [0, 0.1) is 0 Å². The van der Waals surface area contributed by atoms with Crippen molar-refractivity contribution in [3.05, 3.63) is 36.5 Å². The van der Waals surface area contributed by atoms with Gasteiger partial charge in [-0.3, -0.25) is 24.2 Å². The highest BCUT2D eigenvalue weighted by molar-refractivity contribution is 7.60. The Morgan fingerprint density at radius 2 is 1.67 bits per heavy atom. The summed E-state index contributed by atoms with van der Waals surface area (Å²) >= 11 is 0. The molecule has 3 aromatic rings. The number of phosphoric acid groups is 2. The van der Waals surface area contributed by atoms with E-state index in [0.717, 1.165) is 17.1 Å². The lowest BCUT2D eigenvalue weighted by atomic mass is 10.1. The summed E-state index contributed by atoms with van der Waals surface area (Å²) in [6, 6.07) is 2.59. The lowest BCUT2D eigenvalue weighted by Crippen LogP contribution is -2.48. The van der Waals surface area contributed by atoms with Gasteiger partial charge in [-0.25, -0.2) is 28.4 Å². The highest BCUT2D eigenvalue weighted by atomic mass is 31.3. The van der Waals surface area contributed by atoms with Gasteiger partial charge < -0.3 is 55.7 Å². The van der Waals surface area contributed by atoms with Crippen LogP contribution in [0.25, 0.3) is 11.2 Å². The molecule has 1 amide bonds. The molecule has 0 spiro atoms. The van der Waals surface area contributed by atoms with Crippen LogP contribution in [0.5, 0.6) is 0 Å². The Labute approximate surface area is 251 Å². The molecule has 0 bridgehead atoms. The monoisotopic (exact) mass is 678 g/mol. The Morgan fingerprint density at radius 3 is 2.38 bits per heavy atom. The molecule has 24 heteroatoms. The quantitative estimate of drug-likeness (QED) is 0.0706. The molecule has 0 saturated carbocycles. The standard InChI is InChI=1S/C21H28N8O14P2/c22-11-2-1-8(18(24)34)3-28(11)20-15(32)13(30)9(41-20)4-39-44(35,36)43-45(37,38)40-5-10-14(31)16(33)21(42-10)29-7-27-12-17(23)25-6-26-19(12)29/h1-3,6-7,9-10,13-16,20-22,30-33H,4-5H2,(H6,23,24,25,26,34,35,36,37,38)/t9-,10-,13-,14-,15-,16-,20-,21-/m1/s1. The van der Waals surface area contributed by atoms with E-state index < -0.39 is 83.8 Å². The number of aromatic nitrogens is 5. The number of pyridine rings is 1. The maximum absolute atomic E-state index is 12.4. The summed E-state index contributed by atoms with van der Waals surface area (Å²) in [5.74, 6) is -0.798. The Balaban J connectivity index is 1.17. The van der Waals surface area contributed by atoms with Gasteiger partial charge in [0.15, 0.2) is 17.7 Å². The second-order valence-electron chi connectivity index (χ2n) is 9.88. The van der Waals surface area contributed by atoms with Crippen molar-refractivity contribution in [2.24, 2.45) is 5.73 Å². The minimum atomic E-state index is -5.65. The van der Waals surface area contributed by atoms with Crippen LogP contribution in [-0.2, 0) is 32.0 Å². The number of rotatable bonds is 11. The number of aliphatic hydroxyl groups excluding tert-OH is 4. The first-order valence-electron chi connectivity index (χ1n) is 12.8. The van der Waals surface area contributed by atoms with E-state index in [1.807, 2.05) is 0 Å². The molecule has 10 atom stereocenters. The zero-order chi connectivity index (χ0) is 32.8. The van der Waals surface area contributed by atoms with Crippen molar-refractivity contribution in [2.75, 3.05) is 24.7 Å². The van der Waals surface area contributed by atoms with Crippen LogP contribution in [0.1, 0.15) is 22.8 Å². The van der Waals surface area contributed by atoms with Gasteiger partial charge in [0.05, 0.1) is 25.1 Å². The SMILES string of the molecule is NC(=O)c1ccc(N)[n+]([C@@H]2O[C@H](COP(=O)([O-])OP(=O)(O)OC[C@H]3O[C@@H](n4cnc5c(N)ncnc54)[C@H](O)[C@@H]3O)[C@@H](O)[C@H]2O)c1. The van der Waals surface area contributed by atoms with Crippen LogP contribution in [0.4, 0.5) is 11.6 Å². The van der Waals surface area contributed by atoms with Gasteiger partial charge in [-0.1, -0.05) is 0 Å². The largest absolute Gasteiger partial charge is 0.756 e. The maximum atomic E-state index is 12.4. The van der Waals surface area contributed by atoms with Crippen molar-refractivity contribution in [3.8, 4) is 0 Å². The number of phosphoric ester groups is 2. The van der Waals surface area contributed by atoms with Crippen molar-refractivity contribution in [1.82, 2.24) is 19.5 Å². The molecule has 3 aromatic heterocycles. The van der Waals surface area contributed by atoms with Crippen LogP contribution in [0.15, 0.2) is 31.0 Å². The molecular weight excluding hydrogens is 650 g/mol. The van der Waals surface area contributed by atoms with E-state index in [1.54, 1.807) is 0 Å². The molecule has 0 aliphatic carbocycles. The number of aliphatic hydroxyl groups is 4. The first-order chi connectivity index (χ1) is 21.1. The number of nitrogen functional groups attached to an aromatic ring is 2. The minimum absolute atomic E-state index is 0.0127. The molecule has 11 N–H and O–H groups in total. The molecule has 5 rings (SSSR count). The Kier molecular flexibility index (Phi) is 9.23. The first kappa shape index (κ1) is 33.2. The van der Waals surface area contributed by atoms with Crippen LogP contribution in [0.3, 0.4) is 0 Å². The molecule has 5 heterocycles. The maximum Gasteiger partial charge on any atom is 0.478 e. The number of hydrogen-bond donors (Lipinski definition) is 8. The van der Waals surface area contributed by atoms with E-state index in [0.29, 0.717) is 0 Å². The van der Waals surface area contributed by atoms with Gasteiger partial charge >= 0.3 is 7.82 Å². The van der Waals surface area contributed by atoms with E-state index in [9.17, 15) is 44.1 Å². The summed E-state index contributed by atoms with van der Waals surface area (Å²) in [6.45, 7) is -1.94. The predicted molar refractivity (Wildman–Crippen MR) is 142 cm³/mol. The summed E-state index contributed by atoms with van der Waals surface area (Å²) in [4.78, 5) is 45.6. The number of anilines is 2. The van der Waals surface area contributed by atoms with E-state index >= 15 is 0 Å². The van der Waals surface area contributed by atoms with E-state index in [1.165, 1.54) is 23.0 Å². The molecular formula is C21H28N8O14P2. The summed E-state index contributed by atoms with van der Waals surface area (Å²) in [7, 11) is -11.1. The average Bonchev–Trinajstić information content (AvgIpc) is 3.61. The van der Waals surface area contributed by atoms with Crippen molar-refractivity contribution in [2.45, 2.75) is 49.1 Å². The van der Waals surface area contributed by atoms with Gasteiger partial charge in [-0.15, -0.1) is 0 Å². The van der Waals surface area contributed by atoms with Crippen molar-refractivity contribution in [3.63, 3.8) is 0 Å². The summed E-state index contributed by atoms with van der Waals surface area (Å²) in [5.41, 5.74) is 17.2. The molecule has 2 unspecified atom stereocenters. The number of amides is 1. The Bertz CT molecular complexity index is 1680. The van der Waals surface area contributed by atoms with Crippen molar-refractivity contribution < 1.29 is 71.5 Å². The van der Waals surface area contributed by atoms with Gasteiger partial charge in [0.25, 0.3) is 19.5 Å². The normalized spacial score (nSPS) is 31.2. The van der Waals surface area contributed by atoms with Gasteiger partial charge in [0.1, 0.15) is 54.7 Å². The van der Waals surface area contributed by atoms with Gasteiger partial charge in [-0.05, 0) is 6.07 Å². The van der Waals surface area contributed by atoms with Crippen LogP contribution < -0.4 is 26.7 Å². The zero-order valence-corrected chi connectivity index (χ0v) is 24.5. The van der Waals surface area contributed by atoms with E-state index in [2.05, 4.69) is 28.3 Å². The second-order valence-corrected chi connectivity index (χ2v) is 12.9. The fraction of sp³-hybridized carbons (Fsp3) is 0.476. The molecule has 2 aliphatic heterocycles. The molecule has 0 aromatic carbocycles. The number of carbonyl (C=O) groups excluding carboxylic acids is 1. The number of nitrogens with two attached hydrogens (primary N) is 3. The van der Waals surface area contributed by atoms with Crippen LogP contribution >= 0.6 is 15.6 Å². The number of carbonyl (C=O) groups is 1. The number of primary amides is 1. The fourth-order valence-electron chi connectivity index (χ4n) is 4.65. The molecule has 246 valence electrons. The number of imidazole rings is 1. The molecule has 22 nitrogen and oxygen atoms in total. The molecule has 45 heavy (non-hydrogen) atoms. The molecule has 2 fully saturated rings. The fourth-order valence-corrected chi connectivity index (χ4v) is 6.70. The van der Waals surface area contributed by atoms with Crippen LogP contribution in [0.2, 0.25) is 0 Å². The number of fused-ring (bicyclic) bond motifs is 1. The lowest BCUT2D eigenvalue weighted by Gasteiger charge is -2.26. The first-order valence-corrected chi connectivity index (χ1v) is 15.7. The zero-order valence-electron chi connectivity index (χ0n) is 22.7.